The Balaban J connectivity index is 1.27. The van der Waals surface area contributed by atoms with Gasteiger partial charge in [-0.25, -0.2) is 9.37 Å². The van der Waals surface area contributed by atoms with Gasteiger partial charge in [0.25, 0.3) is 0 Å². The highest BCUT2D eigenvalue weighted by atomic mass is 19.1. The molecule has 0 bridgehead atoms. The molecule has 2 atom stereocenters. The molecule has 0 radical (unpaired) electrons. The van der Waals surface area contributed by atoms with Crippen molar-refractivity contribution in [3.63, 3.8) is 0 Å². The summed E-state index contributed by atoms with van der Waals surface area (Å²) in [6.45, 7) is 7.66. The Morgan fingerprint density at radius 3 is 2.97 bits per heavy atom. The normalized spacial score (nSPS) is 22.5. The van der Waals surface area contributed by atoms with Crippen molar-refractivity contribution in [2.45, 2.75) is 38.5 Å². The molecule has 1 fully saturated rings. The number of fused-ring (bicyclic) bond motifs is 1. The van der Waals surface area contributed by atoms with Crippen LogP contribution >= 0.6 is 0 Å². The van der Waals surface area contributed by atoms with Gasteiger partial charge in [-0.05, 0) is 73.9 Å². The Bertz CT molecular complexity index is 1270. The first-order chi connectivity index (χ1) is 17.4. The van der Waals surface area contributed by atoms with E-state index in [4.69, 9.17) is 9.57 Å². The summed E-state index contributed by atoms with van der Waals surface area (Å²) < 4.78 is 21.4. The van der Waals surface area contributed by atoms with Crippen LogP contribution in [-0.2, 0) is 4.84 Å². The fourth-order valence-electron chi connectivity index (χ4n) is 4.96. The van der Waals surface area contributed by atoms with E-state index in [1.807, 2.05) is 36.9 Å². The van der Waals surface area contributed by atoms with Gasteiger partial charge in [0, 0.05) is 25.7 Å². The molecule has 2 aromatic rings. The van der Waals surface area contributed by atoms with Gasteiger partial charge in [-0.2, -0.15) is 0 Å². The van der Waals surface area contributed by atoms with Crippen LogP contribution in [0.2, 0.25) is 0 Å². The van der Waals surface area contributed by atoms with Crippen molar-refractivity contribution in [1.29, 1.82) is 0 Å². The molecular weight excluding hydrogens is 457 g/mol. The Morgan fingerprint density at radius 1 is 1.33 bits per heavy atom. The molecule has 2 unspecified atom stereocenters. The molecule has 2 aliphatic heterocycles. The van der Waals surface area contributed by atoms with E-state index >= 15 is 0 Å². The van der Waals surface area contributed by atoms with Gasteiger partial charge in [-0.1, -0.05) is 23.9 Å². The van der Waals surface area contributed by atoms with Gasteiger partial charge < -0.3 is 19.0 Å². The lowest BCUT2D eigenvalue weighted by Crippen LogP contribution is -2.43. The number of piperidine rings is 1. The summed E-state index contributed by atoms with van der Waals surface area (Å²) in [4.78, 5) is 14.5. The van der Waals surface area contributed by atoms with E-state index in [0.717, 1.165) is 72.0 Å². The zero-order valence-electron chi connectivity index (χ0n) is 21.0. The SMILES string of the molecule is C=C1C=CC(F)=CC1N(C)CCC1ON=C2C(=Cc3ccc(-n4cnc(C)c4)c(OC)c3)CCCN21. The largest absolute Gasteiger partial charge is 0.495 e. The van der Waals surface area contributed by atoms with Crippen molar-refractivity contribution >= 4 is 11.9 Å². The molecule has 0 spiro atoms. The van der Waals surface area contributed by atoms with E-state index in [-0.39, 0.29) is 18.1 Å². The Morgan fingerprint density at radius 2 is 2.19 bits per heavy atom. The maximum Gasteiger partial charge on any atom is 0.202 e. The maximum absolute atomic E-state index is 13.7. The lowest BCUT2D eigenvalue weighted by Gasteiger charge is -2.32. The molecule has 8 heteroatoms. The number of methoxy groups -OCH3 is 1. The highest BCUT2D eigenvalue weighted by molar-refractivity contribution is 6.03. The number of hydrogen-bond donors (Lipinski definition) is 0. The number of amidine groups is 1. The first-order valence-electron chi connectivity index (χ1n) is 12.3. The van der Waals surface area contributed by atoms with Gasteiger partial charge in [-0.3, -0.25) is 4.90 Å². The van der Waals surface area contributed by atoms with Gasteiger partial charge >= 0.3 is 0 Å². The average Bonchev–Trinajstić information content (AvgIpc) is 3.50. The van der Waals surface area contributed by atoms with Crippen LogP contribution in [0.15, 0.2) is 77.7 Å². The number of hydrogen-bond acceptors (Lipinski definition) is 6. The van der Waals surface area contributed by atoms with E-state index in [2.05, 4.69) is 38.7 Å². The first kappa shape index (κ1) is 24.1. The van der Waals surface area contributed by atoms with Crippen LogP contribution in [0.4, 0.5) is 4.39 Å². The van der Waals surface area contributed by atoms with E-state index in [1.165, 1.54) is 6.08 Å². The predicted octanol–water partition coefficient (Wildman–Crippen LogP) is 5.01. The van der Waals surface area contributed by atoms with Crippen molar-refractivity contribution < 1.29 is 14.0 Å². The summed E-state index contributed by atoms with van der Waals surface area (Å²) in [6.07, 6.45) is 13.3. The van der Waals surface area contributed by atoms with Crippen molar-refractivity contribution in [2.24, 2.45) is 5.16 Å². The summed E-state index contributed by atoms with van der Waals surface area (Å²) in [7, 11) is 3.67. The van der Waals surface area contributed by atoms with Gasteiger partial charge in [0.05, 0.1) is 30.9 Å². The lowest BCUT2D eigenvalue weighted by atomic mass is 9.99. The van der Waals surface area contributed by atoms with Crippen LogP contribution in [0.5, 0.6) is 5.75 Å². The molecule has 1 saturated heterocycles. The Labute approximate surface area is 211 Å². The Hall–Kier alpha value is -3.65. The smallest absolute Gasteiger partial charge is 0.202 e. The summed E-state index contributed by atoms with van der Waals surface area (Å²) in [5.74, 6) is 1.46. The number of nitrogens with zero attached hydrogens (tertiary/aromatic N) is 5. The molecule has 36 heavy (non-hydrogen) atoms. The fourth-order valence-corrected chi connectivity index (χ4v) is 4.96. The molecule has 188 valence electrons. The van der Waals surface area contributed by atoms with Crippen LogP contribution in [0.3, 0.4) is 0 Å². The lowest BCUT2D eigenvalue weighted by molar-refractivity contribution is -0.00195. The number of benzene rings is 1. The fraction of sp³-hybridized carbons (Fsp3) is 0.357. The van der Waals surface area contributed by atoms with Gasteiger partial charge in [0.1, 0.15) is 11.6 Å². The standard InChI is InChI=1S/C28H32FN5O2/c1-19-7-9-23(29)16-25(19)32(3)13-11-27-34-12-5-6-22(28(34)31-36-27)14-21-8-10-24(26(15-21)35-4)33-17-20(2)30-18-33/h7-10,14-18,25,27H,1,5-6,11-13H2,2-4H3. The number of oxime groups is 1. The molecule has 0 N–H and O–H groups in total. The number of allylic oxidation sites excluding steroid dienone is 2. The molecule has 1 aromatic heterocycles. The number of likely N-dealkylation sites (N-methyl/N-ethyl adjacent to an activating group) is 1. The molecule has 5 rings (SSSR count). The number of rotatable bonds is 7. The zero-order valence-corrected chi connectivity index (χ0v) is 21.0. The first-order valence-corrected chi connectivity index (χ1v) is 12.3. The Kier molecular flexibility index (Phi) is 6.78. The monoisotopic (exact) mass is 489 g/mol. The summed E-state index contributed by atoms with van der Waals surface area (Å²) in [6, 6.07) is 6.03. The third kappa shape index (κ3) is 4.86. The molecule has 3 heterocycles. The number of aryl methyl sites for hydroxylation is 1. The molecular formula is C28H32FN5O2. The molecule has 0 amide bonds. The quantitative estimate of drug-likeness (QED) is 0.547. The third-order valence-electron chi connectivity index (χ3n) is 6.90. The topological polar surface area (TPSA) is 55.1 Å². The third-order valence-corrected chi connectivity index (χ3v) is 6.90. The minimum atomic E-state index is -0.224. The van der Waals surface area contributed by atoms with Crippen LogP contribution in [0.1, 0.15) is 30.5 Å². The molecule has 0 saturated carbocycles. The summed E-state index contributed by atoms with van der Waals surface area (Å²) in [5, 5.41) is 4.46. The second kappa shape index (κ2) is 10.1. The molecule has 3 aliphatic rings. The van der Waals surface area contributed by atoms with Crippen LogP contribution in [0, 0.1) is 6.92 Å². The number of halogens is 1. The van der Waals surface area contributed by atoms with E-state index in [0.29, 0.717) is 0 Å². The minimum Gasteiger partial charge on any atom is -0.495 e. The minimum absolute atomic E-state index is 0.131. The number of imidazole rings is 1. The molecule has 1 aliphatic carbocycles. The maximum atomic E-state index is 13.7. The second-order valence-electron chi connectivity index (χ2n) is 9.47. The van der Waals surface area contributed by atoms with Crippen molar-refractivity contribution in [3.05, 3.63) is 83.8 Å². The van der Waals surface area contributed by atoms with Crippen LogP contribution < -0.4 is 4.74 Å². The van der Waals surface area contributed by atoms with Gasteiger partial charge in [-0.15, -0.1) is 0 Å². The molecule has 7 nitrogen and oxygen atoms in total. The van der Waals surface area contributed by atoms with E-state index < -0.39 is 0 Å². The number of ether oxygens (including phenoxy) is 1. The van der Waals surface area contributed by atoms with E-state index in [9.17, 15) is 4.39 Å². The highest BCUT2D eigenvalue weighted by Gasteiger charge is 2.35. The molecule has 1 aromatic carbocycles. The summed E-state index contributed by atoms with van der Waals surface area (Å²) >= 11 is 0. The predicted molar refractivity (Wildman–Crippen MR) is 140 cm³/mol. The second-order valence-corrected chi connectivity index (χ2v) is 9.47. The zero-order chi connectivity index (χ0) is 25.2. The van der Waals surface area contributed by atoms with Crippen molar-refractivity contribution in [3.8, 4) is 11.4 Å². The van der Waals surface area contributed by atoms with Crippen molar-refractivity contribution in [2.75, 3.05) is 27.2 Å². The summed E-state index contributed by atoms with van der Waals surface area (Å²) in [5.41, 5.74) is 4.99. The van der Waals surface area contributed by atoms with Gasteiger partial charge in [0.2, 0.25) is 6.23 Å². The van der Waals surface area contributed by atoms with Gasteiger partial charge in [0.15, 0.2) is 5.84 Å². The van der Waals surface area contributed by atoms with E-state index in [1.54, 1.807) is 25.6 Å². The number of aromatic nitrogens is 2. The van der Waals surface area contributed by atoms with Crippen molar-refractivity contribution in [1.82, 2.24) is 19.4 Å². The van der Waals surface area contributed by atoms with Crippen LogP contribution in [-0.4, -0.2) is 64.7 Å². The average molecular weight is 490 g/mol. The van der Waals surface area contributed by atoms with Crippen LogP contribution in [0.25, 0.3) is 11.8 Å². The highest BCUT2D eigenvalue weighted by Crippen LogP contribution is 2.31.